The lowest BCUT2D eigenvalue weighted by Gasteiger charge is -2.49. The molecule has 0 saturated carbocycles. The van der Waals surface area contributed by atoms with Crippen LogP contribution in [-0.2, 0) is 0 Å². The summed E-state index contributed by atoms with van der Waals surface area (Å²) >= 11 is 0. The average Bonchev–Trinajstić information content (AvgIpc) is 2.40. The van der Waals surface area contributed by atoms with E-state index in [0.29, 0.717) is 0 Å². The third-order valence-corrected chi connectivity index (χ3v) is 4.65. The monoisotopic (exact) mass is 275 g/mol. The van der Waals surface area contributed by atoms with Crippen LogP contribution in [0.15, 0.2) is 18.2 Å². The van der Waals surface area contributed by atoms with Crippen LogP contribution < -0.4 is 4.74 Å². The summed E-state index contributed by atoms with van der Waals surface area (Å²) in [6, 6.07) is 6.13. The lowest BCUT2D eigenvalue weighted by Crippen LogP contribution is -2.59. The van der Waals surface area contributed by atoms with Crippen molar-refractivity contribution in [3.05, 3.63) is 29.3 Å². The molecule has 0 spiro atoms. The number of nitrogens with zero attached hydrogens (tertiary/aromatic N) is 1. The van der Waals surface area contributed by atoms with E-state index < -0.39 is 6.10 Å². The molecule has 2 atom stereocenters. The molecule has 20 heavy (non-hydrogen) atoms. The van der Waals surface area contributed by atoms with Crippen LogP contribution in [0.1, 0.15) is 50.3 Å². The van der Waals surface area contributed by atoms with Crippen molar-refractivity contribution in [2.75, 3.05) is 13.1 Å². The van der Waals surface area contributed by atoms with Gasteiger partial charge in [0.2, 0.25) is 0 Å². The third-order valence-electron chi connectivity index (χ3n) is 4.65. The van der Waals surface area contributed by atoms with Crippen LogP contribution in [0.2, 0.25) is 0 Å². The van der Waals surface area contributed by atoms with Crippen LogP contribution in [0.5, 0.6) is 5.75 Å². The zero-order valence-corrected chi connectivity index (χ0v) is 12.7. The number of fused-ring (bicyclic) bond motifs is 1. The Bertz CT molecular complexity index is 492. The SMILES string of the molecule is Cc1ccc2c(c1)C(O)C(N1CCCCC1)C(C)(C)O2. The van der Waals surface area contributed by atoms with Gasteiger partial charge >= 0.3 is 0 Å². The van der Waals surface area contributed by atoms with E-state index in [-0.39, 0.29) is 11.6 Å². The average molecular weight is 275 g/mol. The molecule has 1 aromatic carbocycles. The van der Waals surface area contributed by atoms with E-state index in [1.165, 1.54) is 24.8 Å². The summed E-state index contributed by atoms with van der Waals surface area (Å²) in [5, 5.41) is 10.9. The number of rotatable bonds is 1. The van der Waals surface area contributed by atoms with Gasteiger partial charge in [-0.3, -0.25) is 4.90 Å². The van der Waals surface area contributed by atoms with Crippen molar-refractivity contribution >= 4 is 0 Å². The summed E-state index contributed by atoms with van der Waals surface area (Å²) in [5.41, 5.74) is 1.75. The molecule has 2 unspecified atom stereocenters. The molecule has 0 radical (unpaired) electrons. The van der Waals surface area contributed by atoms with E-state index in [9.17, 15) is 5.11 Å². The number of aryl methyl sites for hydroxylation is 1. The molecular weight excluding hydrogens is 250 g/mol. The Morgan fingerprint density at radius 3 is 2.60 bits per heavy atom. The fraction of sp³-hybridized carbons (Fsp3) is 0.647. The van der Waals surface area contributed by atoms with Crippen LogP contribution in [0.3, 0.4) is 0 Å². The fourth-order valence-corrected chi connectivity index (χ4v) is 3.72. The smallest absolute Gasteiger partial charge is 0.126 e. The highest BCUT2D eigenvalue weighted by Crippen LogP contribution is 2.42. The minimum atomic E-state index is -0.466. The summed E-state index contributed by atoms with van der Waals surface area (Å²) in [7, 11) is 0. The van der Waals surface area contributed by atoms with Gasteiger partial charge in [-0.15, -0.1) is 0 Å². The number of ether oxygens (including phenoxy) is 1. The van der Waals surface area contributed by atoms with Gasteiger partial charge in [0.05, 0.1) is 6.04 Å². The van der Waals surface area contributed by atoms with Gasteiger partial charge in [-0.1, -0.05) is 18.1 Å². The highest BCUT2D eigenvalue weighted by Gasteiger charge is 2.46. The van der Waals surface area contributed by atoms with Crippen molar-refractivity contribution in [3.8, 4) is 5.75 Å². The van der Waals surface area contributed by atoms with Gasteiger partial charge in [-0.05, 0) is 58.8 Å². The summed E-state index contributed by atoms with van der Waals surface area (Å²) < 4.78 is 6.21. The Morgan fingerprint density at radius 2 is 1.90 bits per heavy atom. The first-order chi connectivity index (χ1) is 9.49. The van der Waals surface area contributed by atoms with E-state index in [4.69, 9.17) is 4.74 Å². The van der Waals surface area contributed by atoms with Gasteiger partial charge in [-0.25, -0.2) is 0 Å². The molecule has 3 rings (SSSR count). The Morgan fingerprint density at radius 1 is 1.20 bits per heavy atom. The van der Waals surface area contributed by atoms with Crippen molar-refractivity contribution in [1.82, 2.24) is 4.90 Å². The normalized spacial score (nSPS) is 29.6. The number of benzene rings is 1. The number of hydrogen-bond donors (Lipinski definition) is 1. The molecule has 1 fully saturated rings. The molecule has 2 heterocycles. The predicted molar refractivity (Wildman–Crippen MR) is 80.1 cm³/mol. The summed E-state index contributed by atoms with van der Waals surface area (Å²) in [6.45, 7) is 8.38. The van der Waals surface area contributed by atoms with Crippen molar-refractivity contribution in [1.29, 1.82) is 0 Å². The lowest BCUT2D eigenvalue weighted by atomic mass is 9.83. The summed E-state index contributed by atoms with van der Waals surface area (Å²) in [4.78, 5) is 2.42. The van der Waals surface area contributed by atoms with Crippen LogP contribution in [0.4, 0.5) is 0 Å². The zero-order valence-electron chi connectivity index (χ0n) is 12.7. The first-order valence-corrected chi connectivity index (χ1v) is 7.71. The number of hydrogen-bond acceptors (Lipinski definition) is 3. The predicted octanol–water partition coefficient (Wildman–Crippen LogP) is 3.05. The molecule has 1 aromatic rings. The van der Waals surface area contributed by atoms with Crippen LogP contribution in [0.25, 0.3) is 0 Å². The second-order valence-electron chi connectivity index (χ2n) is 6.73. The number of likely N-dealkylation sites (tertiary alicyclic amines) is 1. The Kier molecular flexibility index (Phi) is 3.51. The quantitative estimate of drug-likeness (QED) is 0.855. The second-order valence-corrected chi connectivity index (χ2v) is 6.73. The van der Waals surface area contributed by atoms with Crippen molar-refractivity contribution in [2.24, 2.45) is 0 Å². The van der Waals surface area contributed by atoms with Crippen molar-refractivity contribution in [2.45, 2.75) is 57.8 Å². The molecule has 1 N–H and O–H groups in total. The molecule has 0 aliphatic carbocycles. The van der Waals surface area contributed by atoms with Crippen molar-refractivity contribution < 1.29 is 9.84 Å². The lowest BCUT2D eigenvalue weighted by molar-refractivity contribution is -0.0873. The fourth-order valence-electron chi connectivity index (χ4n) is 3.72. The summed E-state index contributed by atoms with van der Waals surface area (Å²) in [5.74, 6) is 0.835. The molecule has 110 valence electrons. The first-order valence-electron chi connectivity index (χ1n) is 7.71. The maximum absolute atomic E-state index is 10.9. The highest BCUT2D eigenvalue weighted by atomic mass is 16.5. The summed E-state index contributed by atoms with van der Waals surface area (Å²) in [6.07, 6.45) is 3.28. The van der Waals surface area contributed by atoms with Crippen LogP contribution >= 0.6 is 0 Å². The molecular formula is C17H25NO2. The first kappa shape index (κ1) is 13.9. The molecule has 0 amide bonds. The molecule has 3 nitrogen and oxygen atoms in total. The molecule has 2 aliphatic rings. The van der Waals surface area contributed by atoms with Gasteiger partial charge < -0.3 is 9.84 Å². The van der Waals surface area contributed by atoms with Crippen molar-refractivity contribution in [3.63, 3.8) is 0 Å². The van der Waals surface area contributed by atoms with Gasteiger partial charge in [0.1, 0.15) is 17.5 Å². The van der Waals surface area contributed by atoms with Crippen LogP contribution in [-0.4, -0.2) is 34.7 Å². The van der Waals surface area contributed by atoms with E-state index in [2.05, 4.69) is 31.7 Å². The molecule has 2 aliphatic heterocycles. The van der Waals surface area contributed by atoms with Gasteiger partial charge in [-0.2, -0.15) is 0 Å². The number of piperidine rings is 1. The Hall–Kier alpha value is -1.06. The van der Waals surface area contributed by atoms with E-state index in [1.807, 2.05) is 12.1 Å². The maximum Gasteiger partial charge on any atom is 0.126 e. The standard InChI is InChI=1S/C17H25NO2/c1-12-7-8-14-13(11-12)15(19)16(17(2,3)20-14)18-9-5-4-6-10-18/h7-8,11,15-16,19H,4-6,9-10H2,1-3H3. The topological polar surface area (TPSA) is 32.7 Å². The third kappa shape index (κ3) is 2.33. The zero-order chi connectivity index (χ0) is 14.3. The molecule has 0 bridgehead atoms. The number of aliphatic hydroxyl groups excluding tert-OH is 1. The van der Waals surface area contributed by atoms with Gasteiger partial charge in [0.15, 0.2) is 0 Å². The molecule has 3 heteroatoms. The minimum absolute atomic E-state index is 0.0390. The largest absolute Gasteiger partial charge is 0.486 e. The molecule has 0 aromatic heterocycles. The maximum atomic E-state index is 10.9. The Labute approximate surface area is 121 Å². The van der Waals surface area contributed by atoms with Crippen LogP contribution in [0, 0.1) is 6.92 Å². The van der Waals surface area contributed by atoms with E-state index >= 15 is 0 Å². The van der Waals surface area contributed by atoms with Gasteiger partial charge in [0.25, 0.3) is 0 Å². The highest BCUT2D eigenvalue weighted by molar-refractivity contribution is 5.42. The van der Waals surface area contributed by atoms with E-state index in [1.54, 1.807) is 0 Å². The second kappa shape index (κ2) is 5.05. The van der Waals surface area contributed by atoms with E-state index in [0.717, 1.165) is 24.4 Å². The Balaban J connectivity index is 1.97. The minimum Gasteiger partial charge on any atom is -0.486 e. The van der Waals surface area contributed by atoms with Gasteiger partial charge in [0, 0.05) is 5.56 Å². The molecule has 1 saturated heterocycles. The number of aliphatic hydroxyl groups is 1.